The van der Waals surface area contributed by atoms with Crippen LogP contribution in [0.1, 0.15) is 29.4 Å². The van der Waals surface area contributed by atoms with Crippen molar-refractivity contribution in [3.63, 3.8) is 0 Å². The molecule has 0 radical (unpaired) electrons. The highest BCUT2D eigenvalue weighted by molar-refractivity contribution is 6.28. The van der Waals surface area contributed by atoms with Gasteiger partial charge in [-0.3, -0.25) is 0 Å². The number of rotatable bonds is 7. The van der Waals surface area contributed by atoms with Gasteiger partial charge in [-0.05, 0) is 29.7 Å². The van der Waals surface area contributed by atoms with Gasteiger partial charge in [0.25, 0.3) is 0 Å². The van der Waals surface area contributed by atoms with Gasteiger partial charge >= 0.3 is 12.0 Å². The highest BCUT2D eigenvalue weighted by Crippen LogP contribution is 2.20. The highest BCUT2D eigenvalue weighted by atomic mass is 35.5. The van der Waals surface area contributed by atoms with Crippen LogP contribution in [0.2, 0.25) is 5.28 Å². The number of benzene rings is 1. The summed E-state index contributed by atoms with van der Waals surface area (Å²) >= 11 is 5.87. The Labute approximate surface area is 166 Å². The number of carboxylic acids is 1. The van der Waals surface area contributed by atoms with Crippen molar-refractivity contribution in [3.05, 3.63) is 59.1 Å². The Kier molecular flexibility index (Phi) is 6.10. The first kappa shape index (κ1) is 19.6. The highest BCUT2D eigenvalue weighted by Gasteiger charge is 2.20. The summed E-state index contributed by atoms with van der Waals surface area (Å²) in [4.78, 5) is 31.9. The first-order chi connectivity index (χ1) is 13.5. The minimum absolute atomic E-state index is 0.0328. The van der Waals surface area contributed by atoms with E-state index in [-0.39, 0.29) is 29.6 Å². The van der Waals surface area contributed by atoms with Crippen molar-refractivity contribution < 1.29 is 14.7 Å². The molecule has 3 N–H and O–H groups in total. The van der Waals surface area contributed by atoms with E-state index in [1.165, 1.54) is 16.8 Å². The number of halogens is 1. The topological polar surface area (TPSA) is 109 Å². The fourth-order valence-corrected chi connectivity index (χ4v) is 3.02. The molecule has 0 aliphatic rings. The molecule has 0 saturated heterocycles. The Hall–Kier alpha value is -3.13. The van der Waals surface area contributed by atoms with Crippen molar-refractivity contribution >= 4 is 34.6 Å². The molecule has 28 heavy (non-hydrogen) atoms. The maximum absolute atomic E-state index is 12.3. The lowest BCUT2D eigenvalue weighted by atomic mass is 10.2. The Morgan fingerprint density at radius 3 is 2.71 bits per heavy atom. The van der Waals surface area contributed by atoms with Gasteiger partial charge in [-0.25, -0.2) is 14.6 Å². The van der Waals surface area contributed by atoms with E-state index in [2.05, 4.69) is 20.6 Å². The number of carboxylic acid groups (broad SMARTS) is 1. The van der Waals surface area contributed by atoms with Crippen LogP contribution >= 0.6 is 11.6 Å². The summed E-state index contributed by atoms with van der Waals surface area (Å²) in [6.45, 7) is 2.56. The molecule has 2 aromatic heterocycles. The van der Waals surface area contributed by atoms with Crippen LogP contribution in [0.5, 0.6) is 0 Å². The van der Waals surface area contributed by atoms with Crippen LogP contribution < -0.4 is 10.6 Å². The van der Waals surface area contributed by atoms with Gasteiger partial charge in [-0.15, -0.1) is 0 Å². The Balaban J connectivity index is 1.73. The largest absolute Gasteiger partial charge is 0.477 e. The summed E-state index contributed by atoms with van der Waals surface area (Å²) in [5.41, 5.74) is 1.47. The molecule has 1 unspecified atom stereocenters. The number of fused-ring (bicyclic) bond motifs is 1. The Bertz CT molecular complexity index is 990. The van der Waals surface area contributed by atoms with Crippen LogP contribution in [0.3, 0.4) is 0 Å². The first-order valence-corrected chi connectivity index (χ1v) is 9.19. The van der Waals surface area contributed by atoms with Gasteiger partial charge < -0.3 is 20.3 Å². The number of nitrogens with one attached hydrogen (secondary N) is 2. The molecule has 3 aromatic rings. The van der Waals surface area contributed by atoms with E-state index in [4.69, 9.17) is 11.6 Å². The zero-order chi connectivity index (χ0) is 20.1. The maximum Gasteiger partial charge on any atom is 0.352 e. The predicted molar refractivity (Wildman–Crippen MR) is 105 cm³/mol. The van der Waals surface area contributed by atoms with Crippen molar-refractivity contribution in [2.45, 2.75) is 32.5 Å². The first-order valence-electron chi connectivity index (χ1n) is 8.81. The van der Waals surface area contributed by atoms with Gasteiger partial charge in [0.15, 0.2) is 0 Å². The molecule has 0 aliphatic heterocycles. The Morgan fingerprint density at radius 1 is 1.29 bits per heavy atom. The third-order valence-corrected chi connectivity index (χ3v) is 4.53. The van der Waals surface area contributed by atoms with Crippen LogP contribution in [0.15, 0.2) is 42.6 Å². The summed E-state index contributed by atoms with van der Waals surface area (Å²) in [5.74, 6) is -1.09. The minimum Gasteiger partial charge on any atom is -0.477 e. The van der Waals surface area contributed by atoms with Crippen molar-refractivity contribution in [1.29, 1.82) is 0 Å². The van der Waals surface area contributed by atoms with Crippen LogP contribution in [-0.4, -0.2) is 37.7 Å². The van der Waals surface area contributed by atoms with Gasteiger partial charge in [0, 0.05) is 30.7 Å². The molecule has 0 saturated carbocycles. The summed E-state index contributed by atoms with van der Waals surface area (Å²) in [7, 11) is 0. The minimum atomic E-state index is -1.09. The molecular weight excluding hydrogens is 382 g/mol. The standard InChI is InChI=1S/C19H20ClN5O3/c1-2-14(23-19(28)22-9-12-6-4-3-5-7-12)11-25-15(17(26)27)8-13-10-21-18(20)24-16(13)25/h3-8,10,14H,2,9,11H2,1H3,(H,26,27)(H2,22,23,28). The number of hydrogen-bond acceptors (Lipinski definition) is 4. The summed E-state index contributed by atoms with van der Waals surface area (Å²) in [5, 5.41) is 15.8. The second-order valence-corrected chi connectivity index (χ2v) is 6.62. The third-order valence-electron chi connectivity index (χ3n) is 4.35. The van der Waals surface area contributed by atoms with E-state index in [0.717, 1.165) is 5.56 Å². The van der Waals surface area contributed by atoms with E-state index in [9.17, 15) is 14.7 Å². The number of amides is 2. The lowest BCUT2D eigenvalue weighted by Gasteiger charge is -2.19. The van der Waals surface area contributed by atoms with Gasteiger partial charge in [0.05, 0.1) is 0 Å². The number of aromatic nitrogens is 3. The van der Waals surface area contributed by atoms with Gasteiger partial charge in [0.1, 0.15) is 11.3 Å². The molecule has 0 spiro atoms. The monoisotopic (exact) mass is 401 g/mol. The lowest BCUT2D eigenvalue weighted by Crippen LogP contribution is -2.43. The summed E-state index contributed by atoms with van der Waals surface area (Å²) < 4.78 is 1.54. The average molecular weight is 402 g/mol. The quantitative estimate of drug-likeness (QED) is 0.527. The number of nitrogens with zero attached hydrogens (tertiary/aromatic N) is 3. The molecule has 1 aromatic carbocycles. The Morgan fingerprint density at radius 2 is 2.04 bits per heavy atom. The van der Waals surface area contributed by atoms with Crippen LogP contribution in [0, 0.1) is 0 Å². The van der Waals surface area contributed by atoms with Gasteiger partial charge in [-0.2, -0.15) is 4.98 Å². The summed E-state index contributed by atoms with van der Waals surface area (Å²) in [6.07, 6.45) is 2.09. The van der Waals surface area contributed by atoms with Crippen LogP contribution in [0.25, 0.3) is 11.0 Å². The van der Waals surface area contributed by atoms with Crippen molar-refractivity contribution in [2.75, 3.05) is 0 Å². The molecule has 0 aliphatic carbocycles. The fraction of sp³-hybridized carbons (Fsp3) is 0.263. The second-order valence-electron chi connectivity index (χ2n) is 6.28. The van der Waals surface area contributed by atoms with Crippen molar-refractivity contribution in [2.24, 2.45) is 0 Å². The zero-order valence-corrected chi connectivity index (χ0v) is 16.0. The third kappa shape index (κ3) is 4.58. The molecule has 3 rings (SSSR count). The predicted octanol–water partition coefficient (Wildman–Crippen LogP) is 3.06. The molecule has 0 bridgehead atoms. The number of carbonyl (C=O) groups excluding carboxylic acids is 1. The molecule has 8 nitrogen and oxygen atoms in total. The van der Waals surface area contributed by atoms with E-state index in [1.807, 2.05) is 37.3 Å². The molecule has 2 amide bonds. The average Bonchev–Trinajstić information content (AvgIpc) is 3.04. The molecule has 2 heterocycles. The molecule has 9 heteroatoms. The molecular formula is C19H20ClN5O3. The summed E-state index contributed by atoms with van der Waals surface area (Å²) in [6, 6.07) is 10.4. The van der Waals surface area contributed by atoms with E-state index in [0.29, 0.717) is 24.0 Å². The normalized spacial score (nSPS) is 11.9. The smallest absolute Gasteiger partial charge is 0.352 e. The van der Waals surface area contributed by atoms with E-state index >= 15 is 0 Å². The van der Waals surface area contributed by atoms with E-state index in [1.54, 1.807) is 0 Å². The number of aromatic carboxylic acids is 1. The molecule has 146 valence electrons. The molecule has 1 atom stereocenters. The lowest BCUT2D eigenvalue weighted by molar-refractivity contribution is 0.0685. The van der Waals surface area contributed by atoms with Gasteiger partial charge in [-0.1, -0.05) is 37.3 Å². The van der Waals surface area contributed by atoms with Crippen molar-refractivity contribution in [1.82, 2.24) is 25.2 Å². The van der Waals surface area contributed by atoms with Crippen molar-refractivity contribution in [3.8, 4) is 0 Å². The SMILES string of the molecule is CCC(Cn1c(C(=O)O)cc2cnc(Cl)nc21)NC(=O)NCc1ccccc1. The number of carbonyl (C=O) groups is 2. The van der Waals surface area contributed by atoms with Crippen LogP contribution in [0.4, 0.5) is 4.79 Å². The molecule has 0 fully saturated rings. The van der Waals surface area contributed by atoms with Gasteiger partial charge in [0.2, 0.25) is 5.28 Å². The fourth-order valence-electron chi connectivity index (χ4n) is 2.89. The number of hydrogen-bond donors (Lipinski definition) is 3. The number of urea groups is 1. The van der Waals surface area contributed by atoms with E-state index < -0.39 is 5.97 Å². The van der Waals surface area contributed by atoms with Crippen LogP contribution in [-0.2, 0) is 13.1 Å². The second kappa shape index (κ2) is 8.71. The maximum atomic E-state index is 12.3. The zero-order valence-electron chi connectivity index (χ0n) is 15.2.